The Morgan fingerprint density at radius 1 is 1.24 bits per heavy atom. The van der Waals surface area contributed by atoms with Crippen molar-refractivity contribution in [1.29, 1.82) is 0 Å². The van der Waals surface area contributed by atoms with Gasteiger partial charge < -0.3 is 10.2 Å². The highest BCUT2D eigenvalue weighted by molar-refractivity contribution is 5.79. The van der Waals surface area contributed by atoms with Gasteiger partial charge in [0.2, 0.25) is 5.91 Å². The van der Waals surface area contributed by atoms with E-state index in [-0.39, 0.29) is 11.8 Å². The van der Waals surface area contributed by atoms with Crippen LogP contribution in [-0.4, -0.2) is 35.5 Å². The van der Waals surface area contributed by atoms with Crippen LogP contribution in [0.5, 0.6) is 0 Å². The molecule has 2 heterocycles. The summed E-state index contributed by atoms with van der Waals surface area (Å²) in [6.07, 6.45) is 4.36. The van der Waals surface area contributed by atoms with Crippen LogP contribution >= 0.6 is 0 Å². The number of carbonyl (C=O) groups excluding carboxylic acids is 1. The minimum absolute atomic E-state index is 0.126. The molecular weight excluding hydrogens is 312 g/mol. The van der Waals surface area contributed by atoms with Gasteiger partial charge in [-0.1, -0.05) is 30.7 Å². The molecule has 2 aromatic rings. The average molecular weight is 338 g/mol. The zero-order valence-corrected chi connectivity index (χ0v) is 15.0. The number of aromatic nitrogens is 2. The Morgan fingerprint density at radius 3 is 2.76 bits per heavy atom. The van der Waals surface area contributed by atoms with Crippen LogP contribution in [0.4, 0.5) is 5.82 Å². The number of hydrogen-bond donors (Lipinski definition) is 1. The van der Waals surface area contributed by atoms with Crippen molar-refractivity contribution in [3.63, 3.8) is 0 Å². The molecule has 1 aromatic carbocycles. The fourth-order valence-corrected chi connectivity index (χ4v) is 3.25. The fourth-order valence-electron chi connectivity index (χ4n) is 3.25. The number of anilines is 1. The molecule has 25 heavy (non-hydrogen) atoms. The van der Waals surface area contributed by atoms with E-state index in [1.165, 1.54) is 5.56 Å². The zero-order chi connectivity index (χ0) is 17.6. The minimum atomic E-state index is 0.126. The second-order valence-electron chi connectivity index (χ2n) is 6.68. The van der Waals surface area contributed by atoms with Crippen molar-refractivity contribution in [2.75, 3.05) is 24.5 Å². The van der Waals surface area contributed by atoms with Crippen LogP contribution < -0.4 is 10.2 Å². The first-order valence-electron chi connectivity index (χ1n) is 9.09. The fraction of sp³-hybridized carbons (Fsp3) is 0.450. The maximum absolute atomic E-state index is 12.1. The Labute approximate surface area is 149 Å². The monoisotopic (exact) mass is 338 g/mol. The third-order valence-corrected chi connectivity index (χ3v) is 4.71. The molecule has 132 valence electrons. The van der Waals surface area contributed by atoms with Crippen molar-refractivity contribution in [2.45, 2.75) is 33.1 Å². The molecule has 1 N–H and O–H groups in total. The number of aryl methyl sites for hydroxylation is 1. The van der Waals surface area contributed by atoms with Gasteiger partial charge in [0.25, 0.3) is 0 Å². The smallest absolute Gasteiger partial charge is 0.223 e. The molecule has 1 amide bonds. The van der Waals surface area contributed by atoms with E-state index in [1.807, 2.05) is 12.1 Å². The Morgan fingerprint density at radius 2 is 2.04 bits per heavy atom. The van der Waals surface area contributed by atoms with Crippen LogP contribution in [-0.2, 0) is 4.79 Å². The molecule has 0 saturated carbocycles. The van der Waals surface area contributed by atoms with E-state index < -0.39 is 0 Å². The number of benzene rings is 1. The second kappa shape index (κ2) is 8.10. The third kappa shape index (κ3) is 4.35. The summed E-state index contributed by atoms with van der Waals surface area (Å²) in [5.74, 6) is 1.27. The highest BCUT2D eigenvalue weighted by Gasteiger charge is 2.25. The molecule has 5 nitrogen and oxygen atoms in total. The van der Waals surface area contributed by atoms with Crippen LogP contribution in [0.25, 0.3) is 11.3 Å². The van der Waals surface area contributed by atoms with Crippen LogP contribution in [0, 0.1) is 12.8 Å². The molecule has 0 aliphatic carbocycles. The van der Waals surface area contributed by atoms with Crippen molar-refractivity contribution in [3.05, 3.63) is 42.2 Å². The second-order valence-corrected chi connectivity index (χ2v) is 6.68. The van der Waals surface area contributed by atoms with E-state index >= 15 is 0 Å². The molecule has 1 fully saturated rings. The molecule has 0 spiro atoms. The summed E-state index contributed by atoms with van der Waals surface area (Å²) in [7, 11) is 0. The summed E-state index contributed by atoms with van der Waals surface area (Å²) < 4.78 is 0. The number of piperidine rings is 1. The molecule has 1 saturated heterocycles. The van der Waals surface area contributed by atoms with E-state index in [0.29, 0.717) is 0 Å². The molecule has 1 aliphatic rings. The lowest BCUT2D eigenvalue weighted by Crippen LogP contribution is -2.41. The molecule has 0 unspecified atom stereocenters. The first-order valence-corrected chi connectivity index (χ1v) is 9.09. The van der Waals surface area contributed by atoms with E-state index in [2.05, 4.69) is 52.2 Å². The lowest BCUT2D eigenvalue weighted by molar-refractivity contribution is -0.125. The first-order chi connectivity index (χ1) is 12.2. The van der Waals surface area contributed by atoms with Gasteiger partial charge in [-0.25, -0.2) is 9.97 Å². The molecule has 1 aliphatic heterocycles. The molecule has 0 radical (unpaired) electrons. The Bertz CT molecular complexity index is 723. The summed E-state index contributed by atoms with van der Waals surface area (Å²) in [6, 6.07) is 10.4. The Kier molecular flexibility index (Phi) is 5.64. The normalized spacial score (nSPS) is 15.2. The predicted octanol–water partition coefficient (Wildman–Crippen LogP) is 3.19. The largest absolute Gasteiger partial charge is 0.356 e. The Balaban J connectivity index is 1.66. The van der Waals surface area contributed by atoms with Crippen LogP contribution in [0.1, 0.15) is 31.7 Å². The van der Waals surface area contributed by atoms with Gasteiger partial charge in [0.15, 0.2) is 0 Å². The van der Waals surface area contributed by atoms with Gasteiger partial charge in [-0.2, -0.15) is 0 Å². The quantitative estimate of drug-likeness (QED) is 0.909. The topological polar surface area (TPSA) is 58.1 Å². The summed E-state index contributed by atoms with van der Waals surface area (Å²) in [5, 5.41) is 3.01. The SMILES string of the molecule is CCCNC(=O)C1CCN(c2cc(-c3cccc(C)c3)ncn2)CC1. The van der Waals surface area contributed by atoms with Crippen molar-refractivity contribution < 1.29 is 4.79 Å². The van der Waals surface area contributed by atoms with Gasteiger partial charge in [-0.3, -0.25) is 4.79 Å². The lowest BCUT2D eigenvalue weighted by Gasteiger charge is -2.32. The maximum Gasteiger partial charge on any atom is 0.223 e. The van der Waals surface area contributed by atoms with E-state index in [9.17, 15) is 4.79 Å². The number of nitrogens with zero attached hydrogens (tertiary/aromatic N) is 3. The minimum Gasteiger partial charge on any atom is -0.356 e. The van der Waals surface area contributed by atoms with Gasteiger partial charge in [0, 0.05) is 37.2 Å². The number of nitrogens with one attached hydrogen (secondary N) is 1. The van der Waals surface area contributed by atoms with E-state index in [4.69, 9.17) is 0 Å². The first kappa shape index (κ1) is 17.4. The standard InChI is InChI=1S/C20H26N4O/c1-3-9-21-20(25)16-7-10-24(11-8-16)19-13-18(22-14-23-19)17-6-4-5-15(2)12-17/h4-6,12-14,16H,3,7-11H2,1-2H3,(H,21,25). The summed E-state index contributed by atoms with van der Waals surface area (Å²) in [4.78, 5) is 23.2. The number of carbonyl (C=O) groups is 1. The zero-order valence-electron chi connectivity index (χ0n) is 15.0. The van der Waals surface area contributed by atoms with Crippen molar-refractivity contribution in [1.82, 2.24) is 15.3 Å². The molecule has 1 aromatic heterocycles. The Hall–Kier alpha value is -2.43. The van der Waals surface area contributed by atoms with Crippen LogP contribution in [0.15, 0.2) is 36.7 Å². The predicted molar refractivity (Wildman–Crippen MR) is 100 cm³/mol. The van der Waals surface area contributed by atoms with Gasteiger partial charge in [0.05, 0.1) is 5.69 Å². The highest BCUT2D eigenvalue weighted by Crippen LogP contribution is 2.25. The van der Waals surface area contributed by atoms with Gasteiger partial charge in [0.1, 0.15) is 12.1 Å². The van der Waals surface area contributed by atoms with Gasteiger partial charge in [-0.15, -0.1) is 0 Å². The summed E-state index contributed by atoms with van der Waals surface area (Å²) in [5.41, 5.74) is 3.27. The third-order valence-electron chi connectivity index (χ3n) is 4.71. The lowest BCUT2D eigenvalue weighted by atomic mass is 9.96. The van der Waals surface area contributed by atoms with Gasteiger partial charge >= 0.3 is 0 Å². The van der Waals surface area contributed by atoms with Crippen LogP contribution in [0.3, 0.4) is 0 Å². The number of amides is 1. The number of hydrogen-bond acceptors (Lipinski definition) is 4. The molecule has 5 heteroatoms. The molecule has 3 rings (SSSR count). The highest BCUT2D eigenvalue weighted by atomic mass is 16.1. The average Bonchev–Trinajstić information content (AvgIpc) is 2.66. The maximum atomic E-state index is 12.1. The van der Waals surface area contributed by atoms with Gasteiger partial charge in [-0.05, 0) is 32.3 Å². The number of rotatable bonds is 5. The van der Waals surface area contributed by atoms with Crippen molar-refractivity contribution >= 4 is 11.7 Å². The molecular formula is C20H26N4O. The van der Waals surface area contributed by atoms with Crippen molar-refractivity contribution in [3.8, 4) is 11.3 Å². The molecule has 0 bridgehead atoms. The van der Waals surface area contributed by atoms with E-state index in [0.717, 1.165) is 56.0 Å². The van der Waals surface area contributed by atoms with Crippen molar-refractivity contribution in [2.24, 2.45) is 5.92 Å². The summed E-state index contributed by atoms with van der Waals surface area (Å²) in [6.45, 7) is 6.64. The molecule has 0 atom stereocenters. The van der Waals surface area contributed by atoms with E-state index in [1.54, 1.807) is 6.33 Å². The summed E-state index contributed by atoms with van der Waals surface area (Å²) >= 11 is 0. The van der Waals surface area contributed by atoms with Crippen LogP contribution in [0.2, 0.25) is 0 Å².